The summed E-state index contributed by atoms with van der Waals surface area (Å²) < 4.78 is 5.99. The average molecular weight is 341 g/mol. The van der Waals surface area contributed by atoms with E-state index in [-0.39, 0.29) is 12.8 Å². The van der Waals surface area contributed by atoms with Gasteiger partial charge in [-0.3, -0.25) is 4.79 Å². The van der Waals surface area contributed by atoms with Crippen molar-refractivity contribution in [1.82, 2.24) is 0 Å². The number of hydrogen-bond acceptors (Lipinski definition) is 2. The van der Waals surface area contributed by atoms with Crippen LogP contribution in [0.2, 0.25) is 0 Å². The van der Waals surface area contributed by atoms with E-state index in [1.165, 1.54) is 11.1 Å². The fraction of sp³-hybridized carbons (Fsp3) is 0.136. The lowest BCUT2D eigenvalue weighted by atomic mass is 9.56. The SMILES string of the molecule is Cc1ccc(B2OCc3ccc(NC(=O)c4ccc(C)cc4)cc32)cc1. The Balaban J connectivity index is 1.58. The van der Waals surface area contributed by atoms with E-state index < -0.39 is 0 Å². The molecule has 3 aromatic rings. The first-order valence-corrected chi connectivity index (χ1v) is 8.79. The number of hydrogen-bond donors (Lipinski definition) is 1. The van der Waals surface area contributed by atoms with Gasteiger partial charge in [0.05, 0.1) is 6.61 Å². The molecule has 1 amide bonds. The van der Waals surface area contributed by atoms with Crippen LogP contribution in [-0.2, 0) is 11.3 Å². The molecule has 0 fully saturated rings. The molecule has 0 spiro atoms. The fourth-order valence-electron chi connectivity index (χ4n) is 3.24. The molecule has 1 N–H and O–H groups in total. The van der Waals surface area contributed by atoms with Crippen molar-refractivity contribution < 1.29 is 9.45 Å². The first kappa shape index (κ1) is 16.6. The maximum Gasteiger partial charge on any atom is 0.362 e. The summed E-state index contributed by atoms with van der Waals surface area (Å²) in [5.41, 5.74) is 7.23. The fourth-order valence-corrected chi connectivity index (χ4v) is 3.24. The predicted octanol–water partition coefficient (Wildman–Crippen LogP) is 3.19. The highest BCUT2D eigenvalue weighted by Crippen LogP contribution is 2.17. The van der Waals surface area contributed by atoms with E-state index >= 15 is 0 Å². The Bertz CT molecular complexity index is 949. The second kappa shape index (κ2) is 6.81. The number of anilines is 1. The standard InChI is InChI=1S/C22H20BNO2/c1-15-3-7-17(8-4-15)22(25)24-20-12-9-18-14-26-23(21(18)13-20)19-10-5-16(2)6-11-19/h3-13H,14H2,1-2H3,(H,24,25). The normalized spacial score (nSPS) is 12.8. The first-order chi connectivity index (χ1) is 12.6. The zero-order valence-corrected chi connectivity index (χ0v) is 15.0. The van der Waals surface area contributed by atoms with Crippen LogP contribution in [-0.4, -0.2) is 12.8 Å². The van der Waals surface area contributed by atoms with Gasteiger partial charge in [0, 0.05) is 11.3 Å². The van der Waals surface area contributed by atoms with Gasteiger partial charge in [-0.05, 0) is 54.6 Å². The molecule has 0 saturated carbocycles. The number of aryl methyl sites for hydroxylation is 2. The quantitative estimate of drug-likeness (QED) is 0.743. The van der Waals surface area contributed by atoms with Gasteiger partial charge in [-0.2, -0.15) is 0 Å². The molecule has 1 aliphatic rings. The van der Waals surface area contributed by atoms with Crippen molar-refractivity contribution >= 4 is 29.4 Å². The lowest BCUT2D eigenvalue weighted by Gasteiger charge is -2.10. The molecule has 3 aromatic carbocycles. The van der Waals surface area contributed by atoms with Crippen molar-refractivity contribution in [2.75, 3.05) is 5.32 Å². The van der Waals surface area contributed by atoms with E-state index in [1.807, 2.05) is 49.4 Å². The molecule has 0 atom stereocenters. The Morgan fingerprint density at radius 3 is 2.27 bits per heavy atom. The third kappa shape index (κ3) is 3.28. The molecule has 1 heterocycles. The minimum Gasteiger partial charge on any atom is -0.423 e. The lowest BCUT2D eigenvalue weighted by molar-refractivity contribution is 0.102. The Morgan fingerprint density at radius 2 is 1.58 bits per heavy atom. The molecule has 26 heavy (non-hydrogen) atoms. The molecule has 128 valence electrons. The van der Waals surface area contributed by atoms with E-state index in [2.05, 4.69) is 36.5 Å². The molecule has 0 aliphatic carbocycles. The summed E-state index contributed by atoms with van der Waals surface area (Å²) in [5.74, 6) is -0.101. The van der Waals surface area contributed by atoms with Gasteiger partial charge in [-0.1, -0.05) is 53.6 Å². The Morgan fingerprint density at radius 1 is 0.923 bits per heavy atom. The van der Waals surface area contributed by atoms with Crippen LogP contribution >= 0.6 is 0 Å². The Kier molecular flexibility index (Phi) is 4.35. The number of amides is 1. The smallest absolute Gasteiger partial charge is 0.362 e. The number of fused-ring (bicyclic) bond motifs is 1. The van der Waals surface area contributed by atoms with E-state index in [9.17, 15) is 4.79 Å². The van der Waals surface area contributed by atoms with Gasteiger partial charge in [0.1, 0.15) is 0 Å². The van der Waals surface area contributed by atoms with Crippen LogP contribution in [0, 0.1) is 13.8 Å². The summed E-state index contributed by atoms with van der Waals surface area (Å²) in [6, 6.07) is 22.0. The largest absolute Gasteiger partial charge is 0.423 e. The topological polar surface area (TPSA) is 38.3 Å². The van der Waals surface area contributed by atoms with Crippen molar-refractivity contribution in [2.24, 2.45) is 0 Å². The second-order valence-corrected chi connectivity index (χ2v) is 6.84. The van der Waals surface area contributed by atoms with Crippen LogP contribution in [0.5, 0.6) is 0 Å². The molecule has 0 radical (unpaired) electrons. The summed E-state index contributed by atoms with van der Waals surface area (Å²) in [6.07, 6.45) is 0. The van der Waals surface area contributed by atoms with Crippen LogP contribution < -0.4 is 16.2 Å². The summed E-state index contributed by atoms with van der Waals surface area (Å²) in [7, 11) is 0. The van der Waals surface area contributed by atoms with E-state index in [4.69, 9.17) is 4.65 Å². The van der Waals surface area contributed by atoms with Gasteiger partial charge in [0.2, 0.25) is 0 Å². The minimum atomic E-state index is -0.101. The molecule has 3 nitrogen and oxygen atoms in total. The molecule has 4 heteroatoms. The summed E-state index contributed by atoms with van der Waals surface area (Å²) in [5, 5.41) is 2.99. The molecular formula is C22H20BNO2. The Hall–Kier alpha value is -2.85. The number of nitrogens with one attached hydrogen (secondary N) is 1. The highest BCUT2D eigenvalue weighted by atomic mass is 16.4. The zero-order chi connectivity index (χ0) is 18.1. The maximum atomic E-state index is 12.5. The molecule has 0 unspecified atom stereocenters. The van der Waals surface area contributed by atoms with Gasteiger partial charge in [-0.15, -0.1) is 0 Å². The number of carbonyl (C=O) groups excluding carboxylic acids is 1. The van der Waals surface area contributed by atoms with Crippen molar-refractivity contribution in [3.05, 3.63) is 89.0 Å². The number of benzene rings is 3. The summed E-state index contributed by atoms with van der Waals surface area (Å²) >= 11 is 0. The average Bonchev–Trinajstić information content (AvgIpc) is 3.06. The second-order valence-electron chi connectivity index (χ2n) is 6.84. The number of carbonyl (C=O) groups is 1. The molecule has 0 aromatic heterocycles. The predicted molar refractivity (Wildman–Crippen MR) is 107 cm³/mol. The third-order valence-corrected chi connectivity index (χ3v) is 4.79. The summed E-state index contributed by atoms with van der Waals surface area (Å²) in [4.78, 5) is 12.5. The molecule has 0 saturated heterocycles. The van der Waals surface area contributed by atoms with Crippen LogP contribution in [0.4, 0.5) is 5.69 Å². The molecular weight excluding hydrogens is 321 g/mol. The van der Waals surface area contributed by atoms with Gasteiger partial charge in [0.15, 0.2) is 0 Å². The molecule has 1 aliphatic heterocycles. The van der Waals surface area contributed by atoms with Crippen molar-refractivity contribution in [2.45, 2.75) is 20.5 Å². The van der Waals surface area contributed by atoms with Gasteiger partial charge in [-0.25, -0.2) is 0 Å². The van der Waals surface area contributed by atoms with Crippen molar-refractivity contribution in [1.29, 1.82) is 0 Å². The highest BCUT2D eigenvalue weighted by molar-refractivity contribution is 6.81. The van der Waals surface area contributed by atoms with Crippen LogP contribution in [0.3, 0.4) is 0 Å². The van der Waals surface area contributed by atoms with Crippen LogP contribution in [0.1, 0.15) is 27.0 Å². The van der Waals surface area contributed by atoms with Gasteiger partial charge < -0.3 is 9.97 Å². The molecule has 0 bridgehead atoms. The van der Waals surface area contributed by atoms with Gasteiger partial charge in [0.25, 0.3) is 5.91 Å². The van der Waals surface area contributed by atoms with Crippen molar-refractivity contribution in [3.63, 3.8) is 0 Å². The van der Waals surface area contributed by atoms with E-state index in [0.29, 0.717) is 12.2 Å². The summed E-state index contributed by atoms with van der Waals surface area (Å²) in [6.45, 7) is 4.60. The number of rotatable bonds is 3. The lowest BCUT2D eigenvalue weighted by Crippen LogP contribution is -2.41. The van der Waals surface area contributed by atoms with E-state index in [0.717, 1.165) is 22.2 Å². The highest BCUT2D eigenvalue weighted by Gasteiger charge is 2.30. The first-order valence-electron chi connectivity index (χ1n) is 8.79. The minimum absolute atomic E-state index is 0.0816. The zero-order valence-electron chi connectivity index (χ0n) is 15.0. The van der Waals surface area contributed by atoms with E-state index in [1.54, 1.807) is 0 Å². The van der Waals surface area contributed by atoms with Crippen LogP contribution in [0.15, 0.2) is 66.7 Å². The molecule has 4 rings (SSSR count). The monoisotopic (exact) mass is 341 g/mol. The maximum absolute atomic E-state index is 12.5. The third-order valence-electron chi connectivity index (χ3n) is 4.79. The van der Waals surface area contributed by atoms with Crippen molar-refractivity contribution in [3.8, 4) is 0 Å². The Labute approximate surface area is 154 Å². The van der Waals surface area contributed by atoms with Gasteiger partial charge >= 0.3 is 6.92 Å². The van der Waals surface area contributed by atoms with Crippen LogP contribution in [0.25, 0.3) is 0 Å².